The predicted molar refractivity (Wildman–Crippen MR) is 74.2 cm³/mol. The molecule has 2 heterocycles. The van der Waals surface area contributed by atoms with Crippen LogP contribution >= 0.6 is 0 Å². The minimum Gasteiger partial charge on any atom is -0.389 e. The number of nitrogens with zero attached hydrogens (tertiary/aromatic N) is 2. The van der Waals surface area contributed by atoms with E-state index in [1.54, 1.807) is 36.9 Å². The summed E-state index contributed by atoms with van der Waals surface area (Å²) >= 11 is 0. The normalized spacial score (nSPS) is 23.6. The van der Waals surface area contributed by atoms with Crippen LogP contribution in [0.5, 0.6) is 0 Å². The smallest absolute Gasteiger partial charge is 0.274 e. The van der Waals surface area contributed by atoms with Gasteiger partial charge in [-0.1, -0.05) is 0 Å². The molecule has 1 unspecified atom stereocenters. The number of hydrogen-bond donors (Lipinski definition) is 2. The molecule has 1 atom stereocenters. The van der Waals surface area contributed by atoms with E-state index in [-0.39, 0.29) is 12.5 Å². The number of rotatable bonds is 3. The van der Waals surface area contributed by atoms with Crippen LogP contribution < -0.4 is 5.32 Å². The molecule has 1 aromatic rings. The van der Waals surface area contributed by atoms with Gasteiger partial charge >= 0.3 is 0 Å². The van der Waals surface area contributed by atoms with Crippen LogP contribution in [0.2, 0.25) is 0 Å². The summed E-state index contributed by atoms with van der Waals surface area (Å²) in [7, 11) is 1.75. The summed E-state index contributed by atoms with van der Waals surface area (Å²) in [6, 6.07) is 3.41. The van der Waals surface area contributed by atoms with Gasteiger partial charge in [0.1, 0.15) is 5.69 Å². The molecule has 0 saturated carbocycles. The van der Waals surface area contributed by atoms with Gasteiger partial charge in [0.15, 0.2) is 0 Å². The fourth-order valence-electron chi connectivity index (χ4n) is 2.59. The average Bonchev–Trinajstić information content (AvgIpc) is 2.73. The highest BCUT2D eigenvalue weighted by molar-refractivity contribution is 6.04. The second-order valence-corrected chi connectivity index (χ2v) is 5.69. The van der Waals surface area contributed by atoms with Gasteiger partial charge in [-0.3, -0.25) is 19.8 Å². The summed E-state index contributed by atoms with van der Waals surface area (Å²) in [5.74, 6) is -0.736. The number of aromatic nitrogens is 1. The van der Waals surface area contributed by atoms with Gasteiger partial charge in [-0.25, -0.2) is 0 Å². The number of hydrogen-bond acceptors (Lipinski definition) is 4. The van der Waals surface area contributed by atoms with Crippen molar-refractivity contribution in [2.45, 2.75) is 25.4 Å². The standard InChI is InChI=1S/C14H21N3O3/c1-14(20)6-4-8-17(10-14)9-12(18)15-13(19)11-5-3-7-16(11)2/h3,5,7,20H,4,6,8-10H2,1-2H3,(H,15,18,19). The lowest BCUT2D eigenvalue weighted by molar-refractivity contribution is -0.122. The SMILES string of the molecule is Cn1cccc1C(=O)NC(=O)CN1CCCC(C)(O)C1. The summed E-state index contributed by atoms with van der Waals surface area (Å²) < 4.78 is 1.66. The third-order valence-corrected chi connectivity index (χ3v) is 3.55. The molecule has 6 heteroatoms. The Morgan fingerprint density at radius 2 is 2.25 bits per heavy atom. The molecule has 20 heavy (non-hydrogen) atoms. The van der Waals surface area contributed by atoms with E-state index in [0.29, 0.717) is 12.2 Å². The summed E-state index contributed by atoms with van der Waals surface area (Å²) in [5, 5.41) is 12.4. The summed E-state index contributed by atoms with van der Waals surface area (Å²) in [4.78, 5) is 25.6. The number of β-amino-alcohol motifs (C(OH)–C–C–N with tert-alkyl or cyclic N) is 1. The molecule has 0 aromatic carbocycles. The number of piperidine rings is 1. The maximum Gasteiger partial charge on any atom is 0.274 e. The molecule has 1 aliphatic rings. The molecule has 1 aliphatic heterocycles. The molecule has 2 rings (SSSR count). The highest BCUT2D eigenvalue weighted by atomic mass is 16.3. The van der Waals surface area contributed by atoms with Gasteiger partial charge in [-0.15, -0.1) is 0 Å². The summed E-state index contributed by atoms with van der Waals surface area (Å²) in [5.41, 5.74) is -0.301. The Morgan fingerprint density at radius 1 is 1.50 bits per heavy atom. The second-order valence-electron chi connectivity index (χ2n) is 5.69. The molecule has 2 N–H and O–H groups in total. The van der Waals surface area contributed by atoms with E-state index >= 15 is 0 Å². The molecule has 110 valence electrons. The first-order valence-corrected chi connectivity index (χ1v) is 6.78. The van der Waals surface area contributed by atoms with Crippen LogP contribution in [0.15, 0.2) is 18.3 Å². The van der Waals surface area contributed by atoms with E-state index < -0.39 is 11.5 Å². The average molecular weight is 279 g/mol. The number of carbonyl (C=O) groups excluding carboxylic acids is 2. The zero-order valence-electron chi connectivity index (χ0n) is 11.9. The van der Waals surface area contributed by atoms with E-state index in [2.05, 4.69) is 5.32 Å². The Morgan fingerprint density at radius 3 is 2.85 bits per heavy atom. The lowest BCUT2D eigenvalue weighted by Gasteiger charge is -2.36. The second kappa shape index (κ2) is 5.76. The molecule has 0 bridgehead atoms. The zero-order valence-corrected chi connectivity index (χ0v) is 11.9. The molecule has 0 radical (unpaired) electrons. The zero-order chi connectivity index (χ0) is 14.8. The monoisotopic (exact) mass is 279 g/mol. The Hall–Kier alpha value is -1.66. The van der Waals surface area contributed by atoms with Gasteiger partial charge in [-0.05, 0) is 38.4 Å². The highest BCUT2D eigenvalue weighted by Crippen LogP contribution is 2.19. The molecule has 2 amide bonds. The molecule has 0 aliphatic carbocycles. The van der Waals surface area contributed by atoms with Crippen molar-refractivity contribution >= 4 is 11.8 Å². The van der Waals surface area contributed by atoms with E-state index in [1.807, 2.05) is 4.90 Å². The van der Waals surface area contributed by atoms with Crippen LogP contribution in [-0.2, 0) is 11.8 Å². The predicted octanol–water partition coefficient (Wildman–Crippen LogP) is 0.128. The van der Waals surface area contributed by atoms with E-state index in [9.17, 15) is 14.7 Å². The van der Waals surface area contributed by atoms with Crippen LogP contribution in [0.3, 0.4) is 0 Å². The van der Waals surface area contributed by atoms with Gasteiger partial charge < -0.3 is 9.67 Å². The fraction of sp³-hybridized carbons (Fsp3) is 0.571. The van der Waals surface area contributed by atoms with Crippen molar-refractivity contribution in [3.8, 4) is 0 Å². The largest absolute Gasteiger partial charge is 0.389 e. The lowest BCUT2D eigenvalue weighted by Crippen LogP contribution is -2.50. The molecular weight excluding hydrogens is 258 g/mol. The number of aliphatic hydroxyl groups is 1. The van der Waals surface area contributed by atoms with Crippen LogP contribution in [0, 0.1) is 0 Å². The van der Waals surface area contributed by atoms with E-state index in [0.717, 1.165) is 19.4 Å². The Balaban J connectivity index is 1.87. The van der Waals surface area contributed by atoms with E-state index in [4.69, 9.17) is 0 Å². The van der Waals surface area contributed by atoms with Crippen LogP contribution in [0.4, 0.5) is 0 Å². The van der Waals surface area contributed by atoms with Crippen molar-refractivity contribution in [3.63, 3.8) is 0 Å². The Kier molecular flexibility index (Phi) is 4.25. The molecule has 1 aromatic heterocycles. The van der Waals surface area contributed by atoms with Crippen molar-refractivity contribution < 1.29 is 14.7 Å². The molecule has 1 fully saturated rings. The molecule has 6 nitrogen and oxygen atoms in total. The van der Waals surface area contributed by atoms with Gasteiger partial charge in [0.25, 0.3) is 5.91 Å². The topological polar surface area (TPSA) is 74.6 Å². The Bertz CT molecular complexity index is 508. The van der Waals surface area contributed by atoms with Crippen LogP contribution in [0.1, 0.15) is 30.3 Å². The molecule has 0 spiro atoms. The van der Waals surface area contributed by atoms with Gasteiger partial charge in [0, 0.05) is 19.8 Å². The van der Waals surface area contributed by atoms with Gasteiger partial charge in [0.05, 0.1) is 12.1 Å². The lowest BCUT2D eigenvalue weighted by atomic mass is 9.95. The molecular formula is C14H21N3O3. The van der Waals surface area contributed by atoms with E-state index in [1.165, 1.54) is 0 Å². The third-order valence-electron chi connectivity index (χ3n) is 3.55. The number of amides is 2. The number of aryl methyl sites for hydroxylation is 1. The van der Waals surface area contributed by atoms with Crippen molar-refractivity contribution in [3.05, 3.63) is 24.0 Å². The fourth-order valence-corrected chi connectivity index (χ4v) is 2.59. The number of carbonyl (C=O) groups is 2. The highest BCUT2D eigenvalue weighted by Gasteiger charge is 2.29. The van der Waals surface area contributed by atoms with Crippen molar-refractivity contribution in [1.82, 2.24) is 14.8 Å². The van der Waals surface area contributed by atoms with Crippen molar-refractivity contribution in [2.24, 2.45) is 7.05 Å². The van der Waals surface area contributed by atoms with Crippen LogP contribution in [-0.4, -0.2) is 51.6 Å². The quantitative estimate of drug-likeness (QED) is 0.824. The number of likely N-dealkylation sites (tertiary alicyclic amines) is 1. The summed E-state index contributed by atoms with van der Waals surface area (Å²) in [6.07, 6.45) is 3.35. The first-order valence-electron chi connectivity index (χ1n) is 6.78. The van der Waals surface area contributed by atoms with Gasteiger partial charge in [0.2, 0.25) is 5.91 Å². The first-order chi connectivity index (χ1) is 9.37. The summed E-state index contributed by atoms with van der Waals surface area (Å²) in [6.45, 7) is 3.12. The van der Waals surface area contributed by atoms with Crippen molar-refractivity contribution in [2.75, 3.05) is 19.6 Å². The van der Waals surface area contributed by atoms with Crippen molar-refractivity contribution in [1.29, 1.82) is 0 Å². The van der Waals surface area contributed by atoms with Gasteiger partial charge in [-0.2, -0.15) is 0 Å². The number of imide groups is 1. The number of nitrogens with one attached hydrogen (secondary N) is 1. The van der Waals surface area contributed by atoms with Crippen LogP contribution in [0.25, 0.3) is 0 Å². The minimum atomic E-state index is -0.749. The maximum absolute atomic E-state index is 11.9. The molecule has 1 saturated heterocycles. The maximum atomic E-state index is 11.9. The Labute approximate surface area is 118 Å². The third kappa shape index (κ3) is 3.68. The first kappa shape index (κ1) is 14.7. The minimum absolute atomic E-state index is 0.131.